The van der Waals surface area contributed by atoms with E-state index in [-0.39, 0.29) is 0 Å². The van der Waals surface area contributed by atoms with Crippen LogP contribution in [0.3, 0.4) is 0 Å². The van der Waals surface area contributed by atoms with Crippen molar-refractivity contribution in [2.24, 2.45) is 0 Å². The normalized spacial score (nSPS) is 10.4. The van der Waals surface area contributed by atoms with Crippen LogP contribution in [0.5, 0.6) is 5.75 Å². The van der Waals surface area contributed by atoms with Crippen molar-refractivity contribution >= 4 is 21.6 Å². The highest BCUT2D eigenvalue weighted by Crippen LogP contribution is 2.25. The molecule has 0 aromatic heterocycles. The molecule has 0 fully saturated rings. The average molecular weight is 348 g/mol. The number of ether oxygens (including phenoxy) is 1. The van der Waals surface area contributed by atoms with E-state index >= 15 is 0 Å². The molecular weight excluding hydrogens is 326 g/mol. The number of anilines is 1. The summed E-state index contributed by atoms with van der Waals surface area (Å²) in [5.41, 5.74) is 3.79. The summed E-state index contributed by atoms with van der Waals surface area (Å²) >= 11 is 3.51. The van der Waals surface area contributed by atoms with Gasteiger partial charge in [0.25, 0.3) is 0 Å². The Bertz CT molecular complexity index is 566. The van der Waals surface area contributed by atoms with Crippen LogP contribution < -0.4 is 10.1 Å². The Hall–Kier alpha value is -1.48. The highest BCUT2D eigenvalue weighted by Gasteiger charge is 2.01. The quantitative estimate of drug-likeness (QED) is 0.722. The Balaban J connectivity index is 1.92. The Morgan fingerprint density at radius 1 is 1.05 bits per heavy atom. The zero-order valence-corrected chi connectivity index (χ0v) is 14.2. The molecule has 0 saturated heterocycles. The first-order chi connectivity index (χ1) is 10.2. The second-order valence-electron chi connectivity index (χ2n) is 5.12. The maximum Gasteiger partial charge on any atom is 0.133 e. The van der Waals surface area contributed by atoms with Gasteiger partial charge in [-0.05, 0) is 64.2 Å². The van der Waals surface area contributed by atoms with Crippen molar-refractivity contribution < 1.29 is 4.74 Å². The van der Waals surface area contributed by atoms with E-state index in [2.05, 4.69) is 64.6 Å². The van der Waals surface area contributed by atoms with Gasteiger partial charge < -0.3 is 10.1 Å². The van der Waals surface area contributed by atoms with E-state index in [0.717, 1.165) is 22.5 Å². The number of hydrogen-bond acceptors (Lipinski definition) is 2. The van der Waals surface area contributed by atoms with Gasteiger partial charge in [0, 0.05) is 12.2 Å². The van der Waals surface area contributed by atoms with Gasteiger partial charge in [0.05, 0.1) is 11.6 Å². The standard InChI is InChI=1S/C18H22BrNO/c1-3-4-5-14-6-9-16(10-7-14)20-13-15-8-11-18(21-2)17(19)12-15/h6-12,20H,3-5,13H2,1-2H3. The first-order valence-corrected chi connectivity index (χ1v) is 8.17. The van der Waals surface area contributed by atoms with E-state index in [4.69, 9.17) is 4.74 Å². The predicted molar refractivity (Wildman–Crippen MR) is 93.1 cm³/mol. The molecule has 1 N–H and O–H groups in total. The second-order valence-corrected chi connectivity index (χ2v) is 5.98. The van der Waals surface area contributed by atoms with Crippen molar-refractivity contribution in [2.45, 2.75) is 32.7 Å². The molecular formula is C18H22BrNO. The third-order valence-corrected chi connectivity index (χ3v) is 4.11. The summed E-state index contributed by atoms with van der Waals surface area (Å²) < 4.78 is 6.23. The average Bonchev–Trinajstić information content (AvgIpc) is 2.52. The fourth-order valence-electron chi connectivity index (χ4n) is 2.19. The summed E-state index contributed by atoms with van der Waals surface area (Å²) in [7, 11) is 1.68. The van der Waals surface area contributed by atoms with Gasteiger partial charge in [-0.2, -0.15) is 0 Å². The highest BCUT2D eigenvalue weighted by atomic mass is 79.9. The molecule has 0 spiro atoms. The fraction of sp³-hybridized carbons (Fsp3) is 0.333. The number of hydrogen-bond donors (Lipinski definition) is 1. The molecule has 0 aliphatic carbocycles. The first-order valence-electron chi connectivity index (χ1n) is 7.38. The van der Waals surface area contributed by atoms with E-state index in [1.54, 1.807) is 7.11 Å². The van der Waals surface area contributed by atoms with Crippen LogP contribution in [-0.2, 0) is 13.0 Å². The molecule has 0 unspecified atom stereocenters. The minimum atomic E-state index is 0.802. The highest BCUT2D eigenvalue weighted by molar-refractivity contribution is 9.10. The largest absolute Gasteiger partial charge is 0.496 e. The molecule has 0 aliphatic rings. The molecule has 3 heteroatoms. The lowest BCUT2D eigenvalue weighted by Crippen LogP contribution is -2.00. The molecule has 0 heterocycles. The van der Waals surface area contributed by atoms with E-state index in [1.165, 1.54) is 30.4 Å². The van der Waals surface area contributed by atoms with Gasteiger partial charge in [-0.3, -0.25) is 0 Å². The van der Waals surface area contributed by atoms with Crippen molar-refractivity contribution in [1.82, 2.24) is 0 Å². The minimum Gasteiger partial charge on any atom is -0.496 e. The van der Waals surface area contributed by atoms with Gasteiger partial charge in [0.15, 0.2) is 0 Å². The van der Waals surface area contributed by atoms with E-state index < -0.39 is 0 Å². The number of aryl methyl sites for hydroxylation is 1. The van der Waals surface area contributed by atoms with Crippen LogP contribution in [-0.4, -0.2) is 7.11 Å². The number of benzene rings is 2. The van der Waals surface area contributed by atoms with Crippen molar-refractivity contribution in [3.63, 3.8) is 0 Å². The Morgan fingerprint density at radius 2 is 1.76 bits per heavy atom. The number of unbranched alkanes of at least 4 members (excludes halogenated alkanes) is 1. The molecule has 0 bridgehead atoms. The van der Waals surface area contributed by atoms with Crippen LogP contribution in [0.2, 0.25) is 0 Å². The summed E-state index contributed by atoms with van der Waals surface area (Å²) in [5, 5.41) is 3.45. The topological polar surface area (TPSA) is 21.3 Å². The summed E-state index contributed by atoms with van der Waals surface area (Å²) in [5.74, 6) is 0.860. The van der Waals surface area contributed by atoms with Crippen molar-refractivity contribution in [3.05, 3.63) is 58.1 Å². The van der Waals surface area contributed by atoms with Crippen molar-refractivity contribution in [3.8, 4) is 5.75 Å². The van der Waals surface area contributed by atoms with Crippen molar-refractivity contribution in [1.29, 1.82) is 0 Å². The summed E-state index contributed by atoms with van der Waals surface area (Å²) in [6.45, 7) is 3.03. The lowest BCUT2D eigenvalue weighted by molar-refractivity contribution is 0.412. The van der Waals surface area contributed by atoms with Gasteiger partial charge in [0.2, 0.25) is 0 Å². The van der Waals surface area contributed by atoms with E-state index in [0.29, 0.717) is 0 Å². The molecule has 0 atom stereocenters. The van der Waals surface area contributed by atoms with Crippen LogP contribution >= 0.6 is 15.9 Å². The molecule has 2 aromatic rings. The SMILES string of the molecule is CCCCc1ccc(NCc2ccc(OC)c(Br)c2)cc1. The zero-order valence-electron chi connectivity index (χ0n) is 12.7. The Morgan fingerprint density at radius 3 is 2.38 bits per heavy atom. The molecule has 2 rings (SSSR count). The molecule has 0 radical (unpaired) electrons. The molecule has 0 saturated carbocycles. The smallest absolute Gasteiger partial charge is 0.133 e. The molecule has 2 aromatic carbocycles. The first kappa shape index (κ1) is 15.9. The minimum absolute atomic E-state index is 0.802. The molecule has 112 valence electrons. The van der Waals surface area contributed by atoms with Gasteiger partial charge in [0.1, 0.15) is 5.75 Å². The Kier molecular flexibility index (Phi) is 6.12. The number of nitrogens with one attached hydrogen (secondary N) is 1. The zero-order chi connectivity index (χ0) is 15.1. The third kappa shape index (κ3) is 4.78. The van der Waals surface area contributed by atoms with Crippen LogP contribution in [0.1, 0.15) is 30.9 Å². The predicted octanol–water partition coefficient (Wildman–Crippen LogP) is 5.41. The summed E-state index contributed by atoms with van der Waals surface area (Å²) in [6.07, 6.45) is 3.67. The number of rotatable bonds is 7. The van der Waals surface area contributed by atoms with Gasteiger partial charge in [-0.25, -0.2) is 0 Å². The van der Waals surface area contributed by atoms with E-state index in [1.807, 2.05) is 6.07 Å². The number of halogens is 1. The second kappa shape index (κ2) is 8.08. The maximum absolute atomic E-state index is 5.24. The lowest BCUT2D eigenvalue weighted by Gasteiger charge is -2.09. The Labute approximate surface area is 135 Å². The fourth-order valence-corrected chi connectivity index (χ4v) is 2.78. The molecule has 0 aliphatic heterocycles. The van der Waals surface area contributed by atoms with Gasteiger partial charge >= 0.3 is 0 Å². The van der Waals surface area contributed by atoms with Crippen LogP contribution in [0.15, 0.2) is 46.9 Å². The number of methoxy groups -OCH3 is 1. The maximum atomic E-state index is 5.24. The van der Waals surface area contributed by atoms with Gasteiger partial charge in [-0.1, -0.05) is 31.5 Å². The third-order valence-electron chi connectivity index (χ3n) is 3.49. The van der Waals surface area contributed by atoms with E-state index in [9.17, 15) is 0 Å². The lowest BCUT2D eigenvalue weighted by atomic mass is 10.1. The molecule has 2 nitrogen and oxygen atoms in total. The van der Waals surface area contributed by atoms with Gasteiger partial charge in [-0.15, -0.1) is 0 Å². The van der Waals surface area contributed by atoms with Crippen LogP contribution in [0, 0.1) is 0 Å². The van der Waals surface area contributed by atoms with Crippen LogP contribution in [0.25, 0.3) is 0 Å². The molecule has 0 amide bonds. The monoisotopic (exact) mass is 347 g/mol. The summed E-state index contributed by atoms with van der Waals surface area (Å²) in [4.78, 5) is 0. The van der Waals surface area contributed by atoms with Crippen molar-refractivity contribution in [2.75, 3.05) is 12.4 Å². The van der Waals surface area contributed by atoms with Crippen LogP contribution in [0.4, 0.5) is 5.69 Å². The summed E-state index contributed by atoms with van der Waals surface area (Å²) in [6, 6.07) is 14.9. The molecule has 21 heavy (non-hydrogen) atoms.